The number of aromatic nitrogens is 3. The Bertz CT molecular complexity index is 623. The third-order valence-corrected chi connectivity index (χ3v) is 2.91. The number of aromatic amines is 1. The van der Waals surface area contributed by atoms with Crippen molar-refractivity contribution in [1.82, 2.24) is 14.8 Å². The van der Waals surface area contributed by atoms with E-state index in [1.807, 2.05) is 4.98 Å². The van der Waals surface area contributed by atoms with Gasteiger partial charge in [-0.3, -0.25) is 9.78 Å². The molecule has 0 bridgehead atoms. The monoisotopic (exact) mass is 271 g/mol. The largest absolute Gasteiger partial charge is 0.509 e. The Kier molecular flexibility index (Phi) is 2.61. The highest BCUT2D eigenvalue weighted by Crippen LogP contribution is 2.36. The number of hydrogen-bond acceptors (Lipinski definition) is 8. The lowest BCUT2D eigenvalue weighted by atomic mass is 10.1. The van der Waals surface area contributed by atoms with E-state index in [4.69, 9.17) is 19.3 Å². The van der Waals surface area contributed by atoms with Gasteiger partial charge in [-0.15, -0.1) is 0 Å². The van der Waals surface area contributed by atoms with E-state index in [-0.39, 0.29) is 0 Å². The van der Waals surface area contributed by atoms with Gasteiger partial charge in [-0.2, -0.15) is 9.78 Å². The standard InChI is InChI=1S/C9H9N3O7/c13-2-3-5-6(19-9(16)18-5)7(17-3)12-8(15)11-4(14)1-10-12/h1,3,5-7,13H,2H2,(H,11,14,15)/t3-,5-,6-,7-/m1/s1. The predicted molar refractivity (Wildman–Crippen MR) is 55.3 cm³/mol. The number of nitrogens with zero attached hydrogens (tertiary/aromatic N) is 2. The fourth-order valence-corrected chi connectivity index (χ4v) is 2.11. The highest BCUT2D eigenvalue weighted by molar-refractivity contribution is 5.63. The molecule has 3 heterocycles. The van der Waals surface area contributed by atoms with Gasteiger partial charge in [0.15, 0.2) is 18.4 Å². The molecule has 3 rings (SSSR count). The van der Waals surface area contributed by atoms with Gasteiger partial charge in [0.25, 0.3) is 5.56 Å². The molecule has 0 radical (unpaired) electrons. The minimum absolute atomic E-state index is 0.410. The zero-order chi connectivity index (χ0) is 13.6. The molecule has 2 fully saturated rings. The van der Waals surface area contributed by atoms with Crippen molar-refractivity contribution in [3.8, 4) is 0 Å². The summed E-state index contributed by atoms with van der Waals surface area (Å²) >= 11 is 0. The molecular formula is C9H9N3O7. The van der Waals surface area contributed by atoms with Gasteiger partial charge < -0.3 is 19.3 Å². The Balaban J connectivity index is 1.99. The van der Waals surface area contributed by atoms with Gasteiger partial charge in [0.1, 0.15) is 12.3 Å². The van der Waals surface area contributed by atoms with Crippen LogP contribution in [-0.2, 0) is 14.2 Å². The maximum atomic E-state index is 11.6. The maximum Gasteiger partial charge on any atom is 0.509 e. The molecule has 0 unspecified atom stereocenters. The van der Waals surface area contributed by atoms with Crippen LogP contribution in [0.25, 0.3) is 0 Å². The van der Waals surface area contributed by atoms with Crippen molar-refractivity contribution >= 4 is 6.16 Å². The Labute approximate surface area is 104 Å². The molecule has 0 aliphatic carbocycles. The lowest BCUT2D eigenvalue weighted by Gasteiger charge is -2.15. The van der Waals surface area contributed by atoms with E-state index in [1.54, 1.807) is 0 Å². The minimum Gasteiger partial charge on any atom is -0.424 e. The molecule has 2 aliphatic heterocycles. The van der Waals surface area contributed by atoms with E-state index in [1.165, 1.54) is 0 Å². The second-order valence-electron chi connectivity index (χ2n) is 4.05. The normalized spacial score (nSPS) is 32.8. The Hall–Kier alpha value is -2.20. The van der Waals surface area contributed by atoms with Crippen LogP contribution in [-0.4, -0.2) is 50.9 Å². The highest BCUT2D eigenvalue weighted by Gasteiger charge is 2.55. The van der Waals surface area contributed by atoms with Crippen molar-refractivity contribution in [2.45, 2.75) is 24.5 Å². The number of aliphatic hydroxyl groups is 1. The molecule has 1 aromatic rings. The summed E-state index contributed by atoms with van der Waals surface area (Å²) in [4.78, 5) is 35.6. The lowest BCUT2D eigenvalue weighted by Crippen LogP contribution is -2.38. The van der Waals surface area contributed by atoms with Crippen molar-refractivity contribution in [3.63, 3.8) is 0 Å². The molecule has 10 heteroatoms. The first-order valence-corrected chi connectivity index (χ1v) is 5.42. The number of hydrogen-bond donors (Lipinski definition) is 2. The van der Waals surface area contributed by atoms with Gasteiger partial charge in [-0.1, -0.05) is 0 Å². The molecule has 2 N–H and O–H groups in total. The lowest BCUT2D eigenvalue weighted by molar-refractivity contribution is -0.0790. The van der Waals surface area contributed by atoms with Gasteiger partial charge in [0, 0.05) is 0 Å². The van der Waals surface area contributed by atoms with Crippen molar-refractivity contribution in [3.05, 3.63) is 27.0 Å². The first-order valence-electron chi connectivity index (χ1n) is 5.42. The number of carbonyl (C=O) groups is 1. The SMILES string of the molecule is O=C1O[C@@H]2[C@H](O1)[C@@H](CO)O[C@H]2n1ncc(=O)[nH]c1=O. The van der Waals surface area contributed by atoms with Gasteiger partial charge in [-0.25, -0.2) is 9.59 Å². The smallest absolute Gasteiger partial charge is 0.424 e. The van der Waals surface area contributed by atoms with Crippen LogP contribution in [0, 0.1) is 0 Å². The minimum atomic E-state index is -1.06. The average Bonchev–Trinajstić information content (AvgIpc) is 2.87. The van der Waals surface area contributed by atoms with Gasteiger partial charge in [0.05, 0.1) is 6.61 Å². The molecule has 102 valence electrons. The van der Waals surface area contributed by atoms with Gasteiger partial charge in [-0.05, 0) is 0 Å². The van der Waals surface area contributed by atoms with Crippen LogP contribution < -0.4 is 11.2 Å². The zero-order valence-electron chi connectivity index (χ0n) is 9.38. The van der Waals surface area contributed by atoms with E-state index >= 15 is 0 Å². The topological polar surface area (TPSA) is 133 Å². The number of fused-ring (bicyclic) bond motifs is 1. The quantitative estimate of drug-likeness (QED) is 0.575. The van der Waals surface area contributed by atoms with Crippen LogP contribution in [0.3, 0.4) is 0 Å². The summed E-state index contributed by atoms with van der Waals surface area (Å²) in [5.74, 6) is 0. The van der Waals surface area contributed by atoms with Gasteiger partial charge in [0.2, 0.25) is 0 Å². The maximum absolute atomic E-state index is 11.6. The third-order valence-electron chi connectivity index (χ3n) is 2.91. The van der Waals surface area contributed by atoms with Crippen LogP contribution in [0.5, 0.6) is 0 Å². The summed E-state index contributed by atoms with van der Waals surface area (Å²) in [6.45, 7) is -0.410. The van der Waals surface area contributed by atoms with Crippen LogP contribution in [0.1, 0.15) is 6.23 Å². The van der Waals surface area contributed by atoms with Crippen LogP contribution in [0.2, 0.25) is 0 Å². The molecule has 10 nitrogen and oxygen atoms in total. The number of H-pyrrole nitrogens is 1. The molecule has 0 spiro atoms. The molecule has 1 aromatic heterocycles. The van der Waals surface area contributed by atoms with Crippen molar-refractivity contribution in [1.29, 1.82) is 0 Å². The van der Waals surface area contributed by atoms with Crippen molar-refractivity contribution in [2.75, 3.05) is 6.61 Å². The van der Waals surface area contributed by atoms with E-state index in [0.29, 0.717) is 0 Å². The fourth-order valence-electron chi connectivity index (χ4n) is 2.11. The molecular weight excluding hydrogens is 262 g/mol. The summed E-state index contributed by atoms with van der Waals surface area (Å²) in [6, 6.07) is 0. The molecule has 0 aromatic carbocycles. The molecule has 0 saturated carbocycles. The highest BCUT2D eigenvalue weighted by atomic mass is 16.8. The predicted octanol–water partition coefficient (Wildman–Crippen LogP) is -2.27. The average molecular weight is 271 g/mol. The van der Waals surface area contributed by atoms with Crippen molar-refractivity contribution < 1.29 is 24.1 Å². The molecule has 19 heavy (non-hydrogen) atoms. The number of ether oxygens (including phenoxy) is 3. The Morgan fingerprint density at radius 3 is 2.74 bits per heavy atom. The zero-order valence-corrected chi connectivity index (χ0v) is 9.38. The number of rotatable bonds is 2. The van der Waals surface area contributed by atoms with Crippen LogP contribution in [0.15, 0.2) is 15.8 Å². The Morgan fingerprint density at radius 1 is 1.32 bits per heavy atom. The molecule has 4 atom stereocenters. The summed E-state index contributed by atoms with van der Waals surface area (Å²) < 4.78 is 15.9. The van der Waals surface area contributed by atoms with Crippen LogP contribution >= 0.6 is 0 Å². The molecule has 0 amide bonds. The summed E-state index contributed by atoms with van der Waals surface area (Å²) in [5.41, 5.74) is -1.47. The first-order chi connectivity index (χ1) is 9.10. The third kappa shape index (κ3) is 1.81. The first kappa shape index (κ1) is 11.9. The fraction of sp³-hybridized carbons (Fsp3) is 0.556. The number of aliphatic hydroxyl groups excluding tert-OH is 1. The van der Waals surface area contributed by atoms with E-state index in [0.717, 1.165) is 10.9 Å². The van der Waals surface area contributed by atoms with Crippen molar-refractivity contribution in [2.24, 2.45) is 0 Å². The second-order valence-corrected chi connectivity index (χ2v) is 4.05. The summed E-state index contributed by atoms with van der Waals surface area (Å²) in [7, 11) is 0. The van der Waals surface area contributed by atoms with Gasteiger partial charge >= 0.3 is 11.8 Å². The van der Waals surface area contributed by atoms with E-state index < -0.39 is 48.6 Å². The number of carbonyl (C=O) groups excluding carboxylic acids is 1. The number of nitrogens with one attached hydrogen (secondary N) is 1. The Morgan fingerprint density at radius 2 is 2.05 bits per heavy atom. The summed E-state index contributed by atoms with van der Waals surface area (Å²) in [6.07, 6.45) is -3.60. The van der Waals surface area contributed by atoms with E-state index in [9.17, 15) is 14.4 Å². The molecule has 2 aliphatic rings. The van der Waals surface area contributed by atoms with E-state index in [2.05, 4.69) is 5.10 Å². The molecule has 2 saturated heterocycles. The van der Waals surface area contributed by atoms with Crippen LogP contribution in [0.4, 0.5) is 4.79 Å². The second kappa shape index (κ2) is 4.17. The summed E-state index contributed by atoms with van der Waals surface area (Å²) in [5, 5.41) is 12.8.